The van der Waals surface area contributed by atoms with Crippen molar-refractivity contribution in [2.45, 2.75) is 44.7 Å². The number of ether oxygens (including phenoxy) is 1. The maximum absolute atomic E-state index is 14.0. The Morgan fingerprint density at radius 2 is 1.91 bits per heavy atom. The van der Waals surface area contributed by atoms with Gasteiger partial charge in [0.05, 0.1) is 40.0 Å². The van der Waals surface area contributed by atoms with Gasteiger partial charge in [0.1, 0.15) is 11.6 Å². The van der Waals surface area contributed by atoms with Crippen LogP contribution < -0.4 is 10.1 Å². The molecule has 0 aliphatic carbocycles. The van der Waals surface area contributed by atoms with Crippen LogP contribution in [-0.2, 0) is 13.0 Å². The number of pyridine rings is 1. The molecule has 2 aromatic carbocycles. The van der Waals surface area contributed by atoms with Crippen molar-refractivity contribution in [3.05, 3.63) is 105 Å². The first-order valence-electron chi connectivity index (χ1n) is 15.2. The number of nitrogens with zero attached hydrogens (tertiary/aromatic N) is 4. The van der Waals surface area contributed by atoms with E-state index in [9.17, 15) is 22.8 Å². The van der Waals surface area contributed by atoms with E-state index in [-0.39, 0.29) is 36.1 Å². The summed E-state index contributed by atoms with van der Waals surface area (Å²) in [6.45, 7) is 2.61. The minimum absolute atomic E-state index is 0.00542. The Hall–Kier alpha value is -5.04. The number of thiophene rings is 1. The number of benzene rings is 2. The third-order valence-electron chi connectivity index (χ3n) is 8.89. The molecular formula is C34H26F3N5O4S. The van der Waals surface area contributed by atoms with Crippen LogP contribution in [0.5, 0.6) is 5.75 Å². The van der Waals surface area contributed by atoms with Crippen molar-refractivity contribution in [2.24, 2.45) is 0 Å². The fraction of sp³-hybridized carbons (Fsp3) is 0.265. The van der Waals surface area contributed by atoms with E-state index in [0.29, 0.717) is 74.6 Å². The molecule has 8 rings (SSSR count). The summed E-state index contributed by atoms with van der Waals surface area (Å²) >= 11 is 1.19. The van der Waals surface area contributed by atoms with Crippen LogP contribution in [0.4, 0.5) is 13.2 Å². The van der Waals surface area contributed by atoms with Crippen LogP contribution in [0.1, 0.15) is 73.2 Å². The number of halogens is 3. The number of hydrogen-bond donors (Lipinski definition) is 1. The first kappa shape index (κ1) is 29.4. The molecule has 3 aromatic heterocycles. The molecule has 13 heteroatoms. The van der Waals surface area contributed by atoms with Gasteiger partial charge in [0.15, 0.2) is 11.6 Å². The normalized spacial score (nSPS) is 17.9. The minimum Gasteiger partial charge on any atom is -0.493 e. The second-order valence-electron chi connectivity index (χ2n) is 11.8. The Labute approximate surface area is 270 Å². The first-order valence-corrected chi connectivity index (χ1v) is 16.0. The van der Waals surface area contributed by atoms with E-state index in [1.807, 2.05) is 4.90 Å². The van der Waals surface area contributed by atoms with Gasteiger partial charge in [0, 0.05) is 54.4 Å². The fourth-order valence-electron chi connectivity index (χ4n) is 6.74. The molecule has 1 fully saturated rings. The maximum Gasteiger partial charge on any atom is 0.261 e. The number of rotatable bonds is 7. The molecule has 6 heterocycles. The third kappa shape index (κ3) is 5.05. The van der Waals surface area contributed by atoms with Crippen molar-refractivity contribution in [3.63, 3.8) is 0 Å². The van der Waals surface area contributed by atoms with Gasteiger partial charge in [-0.2, -0.15) is 0 Å². The van der Waals surface area contributed by atoms with Crippen molar-refractivity contribution in [3.8, 4) is 27.6 Å². The lowest BCUT2D eigenvalue weighted by molar-refractivity contribution is 0.0776. The topological polar surface area (TPSA) is 110 Å². The Bertz CT molecular complexity index is 2100. The van der Waals surface area contributed by atoms with Crippen molar-refractivity contribution >= 4 is 23.2 Å². The summed E-state index contributed by atoms with van der Waals surface area (Å²) in [5.41, 5.74) is 4.09. The van der Waals surface area contributed by atoms with Crippen LogP contribution >= 0.6 is 11.3 Å². The molecule has 0 unspecified atom stereocenters. The van der Waals surface area contributed by atoms with Crippen LogP contribution in [0.25, 0.3) is 21.9 Å². The standard InChI is InChI=1S/C34H26F3N5O4S/c1-16-40-41-33(46-16)28-23(12-18-15-45-25-13-19(35)5-6-20(18)25)39-31-24-3-2-10-42(24)34(44)30(31)29(28)26-8-9-27(47-26)32(43)38-14-17-4-7-21(36)22(37)11-17/h4-9,11,13,18,24H,2-3,10,12,14-15H2,1H3,(H,38,43)/t18-,24+/m1/s1. The number of carbonyl (C=O) groups excluding carboxylic acids is 2. The predicted molar refractivity (Wildman–Crippen MR) is 164 cm³/mol. The van der Waals surface area contributed by atoms with Gasteiger partial charge in [-0.25, -0.2) is 13.2 Å². The molecule has 3 aliphatic rings. The second kappa shape index (κ2) is 11.3. The summed E-state index contributed by atoms with van der Waals surface area (Å²) in [7, 11) is 0. The third-order valence-corrected chi connectivity index (χ3v) is 9.99. The molecule has 1 saturated heterocycles. The molecule has 0 saturated carbocycles. The first-order chi connectivity index (χ1) is 22.7. The van der Waals surface area contributed by atoms with Crippen molar-refractivity contribution in [1.82, 2.24) is 25.4 Å². The number of hydrogen-bond acceptors (Lipinski definition) is 8. The number of fused-ring (bicyclic) bond motifs is 4. The van der Waals surface area contributed by atoms with Crippen LogP contribution in [-0.4, -0.2) is 45.0 Å². The quantitative estimate of drug-likeness (QED) is 0.212. The molecular weight excluding hydrogens is 631 g/mol. The smallest absolute Gasteiger partial charge is 0.261 e. The summed E-state index contributed by atoms with van der Waals surface area (Å²) in [4.78, 5) is 35.2. The zero-order valence-electron chi connectivity index (χ0n) is 25.0. The zero-order chi connectivity index (χ0) is 32.4. The van der Waals surface area contributed by atoms with E-state index >= 15 is 0 Å². The molecule has 0 bridgehead atoms. The number of aryl methyl sites for hydroxylation is 1. The Kier molecular flexibility index (Phi) is 7.08. The van der Waals surface area contributed by atoms with Gasteiger partial charge < -0.3 is 19.4 Å². The molecule has 3 aliphatic heterocycles. The number of amides is 2. The largest absolute Gasteiger partial charge is 0.493 e. The van der Waals surface area contributed by atoms with E-state index < -0.39 is 17.5 Å². The molecule has 2 atom stereocenters. The van der Waals surface area contributed by atoms with Crippen LogP contribution in [0.2, 0.25) is 0 Å². The molecule has 238 valence electrons. The predicted octanol–water partition coefficient (Wildman–Crippen LogP) is 6.53. The van der Waals surface area contributed by atoms with Gasteiger partial charge in [0.2, 0.25) is 11.8 Å². The van der Waals surface area contributed by atoms with Crippen LogP contribution in [0.15, 0.2) is 52.9 Å². The SMILES string of the molecule is Cc1nnc(-c2c(C[C@@H]3COc4cc(F)ccc43)nc3c(c2-c2ccc(C(=O)NCc4ccc(F)c(F)c4)s2)C(=O)N2CCC[C@@H]32)o1. The van der Waals surface area contributed by atoms with E-state index in [2.05, 4.69) is 15.5 Å². The Morgan fingerprint density at radius 3 is 2.72 bits per heavy atom. The molecule has 2 amide bonds. The van der Waals surface area contributed by atoms with Gasteiger partial charge >= 0.3 is 0 Å². The Balaban J connectivity index is 1.23. The molecule has 0 radical (unpaired) electrons. The van der Waals surface area contributed by atoms with E-state index in [1.165, 1.54) is 29.5 Å². The average Bonchev–Trinajstić information content (AvgIpc) is 3.89. The lowest BCUT2D eigenvalue weighted by Crippen LogP contribution is -2.23. The highest BCUT2D eigenvalue weighted by Crippen LogP contribution is 2.50. The highest BCUT2D eigenvalue weighted by molar-refractivity contribution is 7.17. The lowest BCUT2D eigenvalue weighted by Gasteiger charge is -2.18. The van der Waals surface area contributed by atoms with E-state index in [0.717, 1.165) is 30.5 Å². The molecule has 0 spiro atoms. The highest BCUT2D eigenvalue weighted by Gasteiger charge is 2.45. The van der Waals surface area contributed by atoms with Gasteiger partial charge in [-0.05, 0) is 48.7 Å². The molecule has 9 nitrogen and oxygen atoms in total. The lowest BCUT2D eigenvalue weighted by atomic mass is 9.89. The summed E-state index contributed by atoms with van der Waals surface area (Å²) in [6, 6.07) is 11.2. The molecule has 5 aromatic rings. The molecule has 47 heavy (non-hydrogen) atoms. The van der Waals surface area contributed by atoms with E-state index in [1.54, 1.807) is 25.1 Å². The average molecular weight is 658 g/mol. The van der Waals surface area contributed by atoms with E-state index in [4.69, 9.17) is 14.1 Å². The minimum atomic E-state index is -0.994. The van der Waals surface area contributed by atoms with Gasteiger partial charge in [-0.3, -0.25) is 14.6 Å². The van der Waals surface area contributed by atoms with Crippen molar-refractivity contribution in [2.75, 3.05) is 13.2 Å². The maximum atomic E-state index is 14.0. The zero-order valence-corrected chi connectivity index (χ0v) is 25.8. The number of aromatic nitrogens is 3. The van der Waals surface area contributed by atoms with Gasteiger partial charge in [-0.1, -0.05) is 12.1 Å². The number of nitrogens with one attached hydrogen (secondary N) is 1. The van der Waals surface area contributed by atoms with Crippen molar-refractivity contribution < 1.29 is 31.9 Å². The summed E-state index contributed by atoms with van der Waals surface area (Å²) < 4.78 is 52.9. The summed E-state index contributed by atoms with van der Waals surface area (Å²) in [6.07, 6.45) is 2.04. The fourth-order valence-corrected chi connectivity index (χ4v) is 7.72. The van der Waals surface area contributed by atoms with Crippen molar-refractivity contribution in [1.29, 1.82) is 0 Å². The van der Waals surface area contributed by atoms with Crippen LogP contribution in [0, 0.1) is 24.4 Å². The highest BCUT2D eigenvalue weighted by atomic mass is 32.1. The second-order valence-corrected chi connectivity index (χ2v) is 12.9. The van der Waals surface area contributed by atoms with Gasteiger partial charge in [0.25, 0.3) is 11.8 Å². The molecule has 1 N–H and O–H groups in total. The van der Waals surface area contributed by atoms with Crippen LogP contribution in [0.3, 0.4) is 0 Å². The number of carbonyl (C=O) groups is 2. The summed E-state index contributed by atoms with van der Waals surface area (Å²) in [5.74, 6) is -2.03. The summed E-state index contributed by atoms with van der Waals surface area (Å²) in [5, 5.41) is 11.2. The van der Waals surface area contributed by atoms with Gasteiger partial charge in [-0.15, -0.1) is 21.5 Å². The Morgan fingerprint density at radius 1 is 1.04 bits per heavy atom. The monoisotopic (exact) mass is 657 g/mol.